The molecule has 25 heavy (non-hydrogen) atoms. The first-order chi connectivity index (χ1) is 12.1. The molecule has 0 saturated carbocycles. The second kappa shape index (κ2) is 7.83. The summed E-state index contributed by atoms with van der Waals surface area (Å²) in [7, 11) is 5.00. The highest BCUT2D eigenvalue weighted by Crippen LogP contribution is 2.36. The number of aryl methyl sites for hydroxylation is 1. The standard InChI is InChI=1S/C18H18N2O3.C2H6/c1-11-16(22-3)7-12(8-17(11)23-4)15-10-20(2)18(21)14-9-19-6-5-13(14)15;1-2/h5-10H,1-4H3;1-2H3. The van der Waals surface area contributed by atoms with Gasteiger partial charge in [-0.05, 0) is 36.1 Å². The van der Waals surface area contributed by atoms with Crippen molar-refractivity contribution in [2.45, 2.75) is 20.8 Å². The van der Waals surface area contributed by atoms with E-state index in [0.717, 1.165) is 33.6 Å². The number of pyridine rings is 2. The summed E-state index contributed by atoms with van der Waals surface area (Å²) >= 11 is 0. The number of rotatable bonds is 3. The summed E-state index contributed by atoms with van der Waals surface area (Å²) in [5.41, 5.74) is 2.73. The zero-order valence-electron chi connectivity index (χ0n) is 15.6. The number of hydrogen-bond acceptors (Lipinski definition) is 4. The van der Waals surface area contributed by atoms with Crippen LogP contribution in [0.1, 0.15) is 19.4 Å². The third-order valence-electron chi connectivity index (χ3n) is 4.05. The average Bonchev–Trinajstić information content (AvgIpc) is 2.66. The van der Waals surface area contributed by atoms with Crippen molar-refractivity contribution in [2.75, 3.05) is 14.2 Å². The molecule has 0 radical (unpaired) electrons. The van der Waals surface area contributed by atoms with Crippen LogP contribution in [-0.4, -0.2) is 23.8 Å². The molecule has 2 aromatic heterocycles. The van der Waals surface area contributed by atoms with E-state index in [1.165, 1.54) is 0 Å². The van der Waals surface area contributed by atoms with Crippen molar-refractivity contribution < 1.29 is 9.47 Å². The SMILES string of the molecule is CC.COc1cc(-c2cn(C)c(=O)c3cnccc23)cc(OC)c1C. The molecule has 0 saturated heterocycles. The number of aromatic nitrogens is 2. The Morgan fingerprint density at radius 1 is 1.04 bits per heavy atom. The number of hydrogen-bond donors (Lipinski definition) is 0. The van der Waals surface area contributed by atoms with Crippen LogP contribution < -0.4 is 15.0 Å². The Morgan fingerprint density at radius 2 is 1.64 bits per heavy atom. The van der Waals surface area contributed by atoms with Crippen LogP contribution in [0.3, 0.4) is 0 Å². The largest absolute Gasteiger partial charge is 0.496 e. The van der Waals surface area contributed by atoms with Crippen molar-refractivity contribution in [1.82, 2.24) is 9.55 Å². The maximum absolute atomic E-state index is 12.3. The quantitative estimate of drug-likeness (QED) is 0.724. The van der Waals surface area contributed by atoms with Gasteiger partial charge in [-0.15, -0.1) is 0 Å². The van der Waals surface area contributed by atoms with Crippen molar-refractivity contribution in [3.63, 3.8) is 0 Å². The molecule has 5 heteroatoms. The zero-order chi connectivity index (χ0) is 18.6. The number of methoxy groups -OCH3 is 2. The minimum atomic E-state index is -0.0668. The van der Waals surface area contributed by atoms with Crippen LogP contribution in [0.2, 0.25) is 0 Å². The first-order valence-electron chi connectivity index (χ1n) is 8.23. The lowest BCUT2D eigenvalue weighted by Crippen LogP contribution is -2.16. The van der Waals surface area contributed by atoms with E-state index in [2.05, 4.69) is 4.98 Å². The Balaban J connectivity index is 0.00000109. The summed E-state index contributed by atoms with van der Waals surface area (Å²) in [5.74, 6) is 1.49. The smallest absolute Gasteiger partial charge is 0.259 e. The van der Waals surface area contributed by atoms with E-state index in [1.54, 1.807) is 38.2 Å². The summed E-state index contributed by atoms with van der Waals surface area (Å²) in [6.07, 6.45) is 5.12. The fourth-order valence-corrected chi connectivity index (χ4v) is 2.78. The lowest BCUT2D eigenvalue weighted by Gasteiger charge is -2.14. The van der Waals surface area contributed by atoms with Crippen LogP contribution in [0.25, 0.3) is 21.9 Å². The molecule has 2 heterocycles. The van der Waals surface area contributed by atoms with Gasteiger partial charge in [0, 0.05) is 36.8 Å². The summed E-state index contributed by atoms with van der Waals surface area (Å²) < 4.78 is 12.5. The molecule has 0 amide bonds. The van der Waals surface area contributed by atoms with Crippen molar-refractivity contribution in [3.8, 4) is 22.6 Å². The van der Waals surface area contributed by atoms with Crippen LogP contribution in [0.4, 0.5) is 0 Å². The molecule has 0 N–H and O–H groups in total. The van der Waals surface area contributed by atoms with Gasteiger partial charge in [-0.2, -0.15) is 0 Å². The number of ether oxygens (including phenoxy) is 2. The third-order valence-corrected chi connectivity index (χ3v) is 4.05. The first-order valence-corrected chi connectivity index (χ1v) is 8.23. The molecule has 0 aliphatic heterocycles. The Labute approximate surface area is 147 Å². The third kappa shape index (κ3) is 3.36. The predicted octanol–water partition coefficient (Wildman–Crippen LogP) is 3.95. The summed E-state index contributed by atoms with van der Waals surface area (Å²) in [4.78, 5) is 16.4. The van der Waals surface area contributed by atoms with Crippen molar-refractivity contribution in [1.29, 1.82) is 0 Å². The summed E-state index contributed by atoms with van der Waals surface area (Å²) in [6, 6.07) is 5.76. The molecular weight excluding hydrogens is 316 g/mol. The van der Waals surface area contributed by atoms with E-state index < -0.39 is 0 Å². The second-order valence-corrected chi connectivity index (χ2v) is 5.39. The Bertz CT molecular complexity index is 920. The van der Waals surface area contributed by atoms with Crippen molar-refractivity contribution in [3.05, 3.63) is 52.7 Å². The van der Waals surface area contributed by atoms with Crippen LogP contribution in [0.15, 0.2) is 41.6 Å². The van der Waals surface area contributed by atoms with Gasteiger partial charge in [0.05, 0.1) is 19.6 Å². The minimum absolute atomic E-state index is 0.0668. The lowest BCUT2D eigenvalue weighted by atomic mass is 9.99. The first kappa shape index (κ1) is 18.5. The number of nitrogens with zero attached hydrogens (tertiary/aromatic N) is 2. The van der Waals surface area contributed by atoms with Crippen LogP contribution in [-0.2, 0) is 7.05 Å². The van der Waals surface area contributed by atoms with E-state index in [4.69, 9.17) is 9.47 Å². The van der Waals surface area contributed by atoms with Crippen LogP contribution in [0.5, 0.6) is 11.5 Å². The van der Waals surface area contributed by atoms with Gasteiger partial charge in [-0.1, -0.05) is 13.8 Å². The van der Waals surface area contributed by atoms with E-state index in [-0.39, 0.29) is 5.56 Å². The van der Waals surface area contributed by atoms with Gasteiger partial charge in [-0.25, -0.2) is 0 Å². The highest BCUT2D eigenvalue weighted by atomic mass is 16.5. The molecule has 0 atom stereocenters. The molecule has 0 unspecified atom stereocenters. The van der Waals surface area contributed by atoms with E-state index in [0.29, 0.717) is 5.39 Å². The summed E-state index contributed by atoms with van der Waals surface area (Å²) in [6.45, 7) is 5.95. The van der Waals surface area contributed by atoms with E-state index in [9.17, 15) is 4.79 Å². The molecule has 132 valence electrons. The minimum Gasteiger partial charge on any atom is -0.496 e. The number of fused-ring (bicyclic) bond motifs is 1. The molecule has 1 aromatic carbocycles. The van der Waals surface area contributed by atoms with Gasteiger partial charge in [0.2, 0.25) is 0 Å². The molecule has 3 rings (SSSR count). The fourth-order valence-electron chi connectivity index (χ4n) is 2.78. The topological polar surface area (TPSA) is 53.4 Å². The highest BCUT2D eigenvalue weighted by Gasteiger charge is 2.14. The molecular formula is C20H24N2O3. The van der Waals surface area contributed by atoms with Crippen LogP contribution in [0, 0.1) is 6.92 Å². The van der Waals surface area contributed by atoms with Crippen molar-refractivity contribution in [2.24, 2.45) is 7.05 Å². The van der Waals surface area contributed by atoms with Gasteiger partial charge < -0.3 is 14.0 Å². The lowest BCUT2D eigenvalue weighted by molar-refractivity contribution is 0.389. The maximum atomic E-state index is 12.3. The summed E-state index contributed by atoms with van der Waals surface area (Å²) in [5, 5.41) is 1.45. The van der Waals surface area contributed by atoms with E-state index in [1.807, 2.05) is 45.2 Å². The normalized spacial score (nSPS) is 10.2. The van der Waals surface area contributed by atoms with Crippen molar-refractivity contribution >= 4 is 10.8 Å². The average molecular weight is 340 g/mol. The predicted molar refractivity (Wildman–Crippen MR) is 102 cm³/mol. The van der Waals surface area contributed by atoms with Gasteiger partial charge in [0.15, 0.2) is 0 Å². The maximum Gasteiger partial charge on any atom is 0.259 e. The molecule has 5 nitrogen and oxygen atoms in total. The molecule has 0 aliphatic carbocycles. The fraction of sp³-hybridized carbons (Fsp3) is 0.300. The van der Waals surface area contributed by atoms with E-state index >= 15 is 0 Å². The highest BCUT2D eigenvalue weighted by molar-refractivity contribution is 5.95. The number of benzene rings is 1. The van der Waals surface area contributed by atoms with Crippen LogP contribution >= 0.6 is 0 Å². The van der Waals surface area contributed by atoms with Gasteiger partial charge in [-0.3, -0.25) is 9.78 Å². The Morgan fingerprint density at radius 3 is 2.20 bits per heavy atom. The molecule has 0 spiro atoms. The molecule has 3 aromatic rings. The molecule has 0 aliphatic rings. The Hall–Kier alpha value is -2.82. The Kier molecular flexibility index (Phi) is 5.80. The van der Waals surface area contributed by atoms with Gasteiger partial charge in [0.1, 0.15) is 11.5 Å². The van der Waals surface area contributed by atoms with Gasteiger partial charge in [0.25, 0.3) is 5.56 Å². The van der Waals surface area contributed by atoms with Gasteiger partial charge >= 0.3 is 0 Å². The molecule has 0 bridgehead atoms. The zero-order valence-corrected chi connectivity index (χ0v) is 15.6. The monoisotopic (exact) mass is 340 g/mol. The molecule has 0 fully saturated rings. The second-order valence-electron chi connectivity index (χ2n) is 5.39.